The van der Waals surface area contributed by atoms with Crippen LogP contribution >= 0.6 is 0 Å². The lowest BCUT2D eigenvalue weighted by Gasteiger charge is -2.12. The van der Waals surface area contributed by atoms with Crippen LogP contribution in [0.1, 0.15) is 38.2 Å². The summed E-state index contributed by atoms with van der Waals surface area (Å²) in [4.78, 5) is 0.232. The molecule has 0 heterocycles. The molecule has 2 rings (SSSR count). The van der Waals surface area contributed by atoms with E-state index in [2.05, 4.69) is 4.72 Å². The van der Waals surface area contributed by atoms with Crippen molar-refractivity contribution in [2.24, 2.45) is 0 Å². The van der Waals surface area contributed by atoms with Crippen molar-refractivity contribution >= 4 is 10.0 Å². The highest BCUT2D eigenvalue weighted by Crippen LogP contribution is 2.36. The van der Waals surface area contributed by atoms with Crippen molar-refractivity contribution in [2.45, 2.75) is 43.0 Å². The molecule has 96 valence electrons. The van der Waals surface area contributed by atoms with Gasteiger partial charge < -0.3 is 0 Å². The predicted molar refractivity (Wildman–Crippen MR) is 68.4 cm³/mol. The Morgan fingerprint density at radius 3 is 2.56 bits per heavy atom. The third-order valence-corrected chi connectivity index (χ3v) is 4.66. The second-order valence-electron chi connectivity index (χ2n) is 5.03. The topological polar surface area (TPSA) is 70.0 Å². The highest BCUT2D eigenvalue weighted by atomic mass is 32.2. The maximum Gasteiger partial charge on any atom is 0.241 e. The summed E-state index contributed by atoms with van der Waals surface area (Å²) in [5.74, 6) is 0.269. The van der Waals surface area contributed by atoms with Gasteiger partial charge in [-0.05, 0) is 36.5 Å². The number of sulfonamides is 1. The lowest BCUT2D eigenvalue weighted by atomic mass is 10.0. The monoisotopic (exact) mass is 264 g/mol. The van der Waals surface area contributed by atoms with Crippen molar-refractivity contribution in [3.63, 3.8) is 0 Å². The number of nitrogens with zero attached hydrogens (tertiary/aromatic N) is 1. The summed E-state index contributed by atoms with van der Waals surface area (Å²) in [5.41, 5.74) is 0.104. The van der Waals surface area contributed by atoms with Crippen LogP contribution in [0.3, 0.4) is 0 Å². The quantitative estimate of drug-likeness (QED) is 0.905. The standard InChI is InChI=1S/C13H16N2O2S/c1-10(2)11-4-3-5-12(8-11)18(16,17)15-13(9-14)6-7-13/h3-5,8,10,15H,6-7H2,1-2H3. The van der Waals surface area contributed by atoms with Crippen molar-refractivity contribution in [3.8, 4) is 6.07 Å². The van der Waals surface area contributed by atoms with Crippen LogP contribution in [0.5, 0.6) is 0 Å². The number of nitriles is 1. The average molecular weight is 264 g/mol. The second kappa shape index (κ2) is 4.38. The minimum absolute atomic E-state index is 0.232. The molecular formula is C13H16N2O2S. The van der Waals surface area contributed by atoms with Crippen LogP contribution in [-0.4, -0.2) is 14.0 Å². The van der Waals surface area contributed by atoms with E-state index in [1.165, 1.54) is 0 Å². The first kappa shape index (κ1) is 13.1. The van der Waals surface area contributed by atoms with E-state index in [9.17, 15) is 8.42 Å². The molecule has 0 bridgehead atoms. The van der Waals surface area contributed by atoms with Crippen molar-refractivity contribution in [1.82, 2.24) is 4.72 Å². The zero-order valence-corrected chi connectivity index (χ0v) is 11.3. The second-order valence-corrected chi connectivity index (χ2v) is 6.71. The number of benzene rings is 1. The van der Waals surface area contributed by atoms with Gasteiger partial charge in [0.25, 0.3) is 0 Å². The Hall–Kier alpha value is -1.38. The first-order valence-corrected chi connectivity index (χ1v) is 7.42. The normalized spacial score (nSPS) is 17.4. The molecule has 1 aromatic carbocycles. The van der Waals surface area contributed by atoms with E-state index in [0.717, 1.165) is 5.56 Å². The lowest BCUT2D eigenvalue weighted by Crippen LogP contribution is -2.35. The fraction of sp³-hybridized carbons (Fsp3) is 0.462. The van der Waals surface area contributed by atoms with Gasteiger partial charge in [-0.2, -0.15) is 9.98 Å². The van der Waals surface area contributed by atoms with E-state index >= 15 is 0 Å². The molecule has 0 saturated heterocycles. The van der Waals surface area contributed by atoms with Crippen LogP contribution in [-0.2, 0) is 10.0 Å². The van der Waals surface area contributed by atoms with Gasteiger partial charge in [-0.15, -0.1) is 0 Å². The van der Waals surface area contributed by atoms with E-state index in [0.29, 0.717) is 12.8 Å². The molecule has 0 aromatic heterocycles. The highest BCUT2D eigenvalue weighted by molar-refractivity contribution is 7.89. The summed E-state index contributed by atoms with van der Waals surface area (Å²) in [6, 6.07) is 8.89. The maximum atomic E-state index is 12.2. The first-order chi connectivity index (χ1) is 8.38. The number of rotatable bonds is 4. The summed E-state index contributed by atoms with van der Waals surface area (Å²) in [6.07, 6.45) is 1.18. The van der Waals surface area contributed by atoms with Crippen LogP contribution in [0.25, 0.3) is 0 Å². The molecule has 0 atom stereocenters. The molecule has 1 aliphatic rings. The fourth-order valence-electron chi connectivity index (χ4n) is 1.72. The summed E-state index contributed by atoms with van der Waals surface area (Å²) >= 11 is 0. The van der Waals surface area contributed by atoms with E-state index in [4.69, 9.17) is 5.26 Å². The minimum Gasteiger partial charge on any atom is -0.207 e. The molecule has 0 spiro atoms. The van der Waals surface area contributed by atoms with Gasteiger partial charge in [-0.1, -0.05) is 26.0 Å². The van der Waals surface area contributed by atoms with Gasteiger partial charge in [0.15, 0.2) is 0 Å². The Bertz CT molecular complexity index is 596. The number of nitrogens with one attached hydrogen (secondary N) is 1. The molecule has 1 fully saturated rings. The molecule has 4 nitrogen and oxygen atoms in total. The molecule has 0 radical (unpaired) electrons. The summed E-state index contributed by atoms with van der Waals surface area (Å²) in [7, 11) is -3.60. The molecule has 5 heteroatoms. The van der Waals surface area contributed by atoms with Crippen molar-refractivity contribution in [3.05, 3.63) is 29.8 Å². The maximum absolute atomic E-state index is 12.2. The van der Waals surface area contributed by atoms with E-state index in [1.807, 2.05) is 26.0 Å². The largest absolute Gasteiger partial charge is 0.241 e. The Balaban J connectivity index is 2.31. The average Bonchev–Trinajstić information content (AvgIpc) is 3.09. The van der Waals surface area contributed by atoms with Gasteiger partial charge >= 0.3 is 0 Å². The SMILES string of the molecule is CC(C)c1cccc(S(=O)(=O)NC2(C#N)CC2)c1. The fourth-order valence-corrected chi connectivity index (χ4v) is 3.15. The highest BCUT2D eigenvalue weighted by Gasteiger charge is 2.46. The molecular weight excluding hydrogens is 248 g/mol. The third kappa shape index (κ3) is 2.55. The van der Waals surface area contributed by atoms with Crippen LogP contribution < -0.4 is 4.72 Å². The van der Waals surface area contributed by atoms with Crippen molar-refractivity contribution in [2.75, 3.05) is 0 Å². The van der Waals surface area contributed by atoms with Gasteiger partial charge in [0.1, 0.15) is 5.54 Å². The Morgan fingerprint density at radius 2 is 2.06 bits per heavy atom. The molecule has 1 aliphatic carbocycles. The van der Waals surface area contributed by atoms with Gasteiger partial charge in [0.2, 0.25) is 10.0 Å². The van der Waals surface area contributed by atoms with Crippen molar-refractivity contribution < 1.29 is 8.42 Å². The molecule has 0 unspecified atom stereocenters. The molecule has 0 aliphatic heterocycles. The predicted octanol–water partition coefficient (Wildman–Crippen LogP) is 2.14. The van der Waals surface area contributed by atoms with E-state index < -0.39 is 15.6 Å². The van der Waals surface area contributed by atoms with Gasteiger partial charge in [0.05, 0.1) is 11.0 Å². The third-order valence-electron chi connectivity index (χ3n) is 3.13. The van der Waals surface area contributed by atoms with Gasteiger partial charge in [-0.3, -0.25) is 0 Å². The van der Waals surface area contributed by atoms with Crippen LogP contribution in [0.2, 0.25) is 0 Å². The molecule has 1 aromatic rings. The van der Waals surface area contributed by atoms with Gasteiger partial charge in [-0.25, -0.2) is 8.42 Å². The van der Waals surface area contributed by atoms with Crippen molar-refractivity contribution in [1.29, 1.82) is 5.26 Å². The molecule has 0 amide bonds. The van der Waals surface area contributed by atoms with Gasteiger partial charge in [0, 0.05) is 0 Å². The summed E-state index contributed by atoms with van der Waals surface area (Å²) in [6.45, 7) is 4.02. The smallest absolute Gasteiger partial charge is 0.207 e. The molecule has 1 N–H and O–H groups in total. The molecule has 18 heavy (non-hydrogen) atoms. The van der Waals surface area contributed by atoms with Crippen LogP contribution in [0, 0.1) is 11.3 Å². The zero-order chi connectivity index (χ0) is 13.4. The van der Waals surface area contributed by atoms with Crippen LogP contribution in [0.15, 0.2) is 29.2 Å². The lowest BCUT2D eigenvalue weighted by molar-refractivity contribution is 0.570. The van der Waals surface area contributed by atoms with Crippen LogP contribution in [0.4, 0.5) is 0 Å². The Kier molecular flexibility index (Phi) is 3.18. The van der Waals surface area contributed by atoms with E-state index in [1.54, 1.807) is 18.2 Å². The summed E-state index contributed by atoms with van der Waals surface area (Å²) < 4.78 is 26.8. The zero-order valence-electron chi connectivity index (χ0n) is 10.5. The van der Waals surface area contributed by atoms with E-state index in [-0.39, 0.29) is 10.8 Å². The minimum atomic E-state index is -3.60. The first-order valence-electron chi connectivity index (χ1n) is 5.94. The Morgan fingerprint density at radius 1 is 1.39 bits per heavy atom. The Labute approximate surface area is 108 Å². The molecule has 1 saturated carbocycles. The number of hydrogen-bond donors (Lipinski definition) is 1. The summed E-state index contributed by atoms with van der Waals surface area (Å²) in [5, 5.41) is 8.93. The number of hydrogen-bond acceptors (Lipinski definition) is 3.